The smallest absolute Gasteiger partial charge is 0.229 e. The van der Waals surface area contributed by atoms with Gasteiger partial charge in [0.15, 0.2) is 0 Å². The molecular weight excluding hydrogens is 260 g/mol. The van der Waals surface area contributed by atoms with Gasteiger partial charge in [0, 0.05) is 24.6 Å². The van der Waals surface area contributed by atoms with Crippen LogP contribution in [0.4, 0.5) is 0 Å². The van der Waals surface area contributed by atoms with Gasteiger partial charge in [-0.3, -0.25) is 4.79 Å². The fourth-order valence-corrected chi connectivity index (χ4v) is 4.08. The number of methoxy groups -OCH3 is 1. The summed E-state index contributed by atoms with van der Waals surface area (Å²) in [6.45, 7) is 1.98. The second kappa shape index (κ2) is 5.21. The van der Waals surface area contributed by atoms with E-state index in [1.165, 1.54) is 0 Å². The third-order valence-electron chi connectivity index (χ3n) is 4.31. The first kappa shape index (κ1) is 13.1. The summed E-state index contributed by atoms with van der Waals surface area (Å²) in [6.07, 6.45) is 5.04. The highest BCUT2D eigenvalue weighted by atomic mass is 32.1. The molecule has 2 saturated heterocycles. The van der Waals surface area contributed by atoms with E-state index in [1.807, 2.05) is 12.3 Å². The SMILES string of the molecule is COC1C[C@H]2CC[C@@H](C1)N2C(=O)Cc1csc(C)n1. The Kier molecular flexibility index (Phi) is 3.58. The van der Waals surface area contributed by atoms with Crippen LogP contribution in [-0.4, -0.2) is 41.1 Å². The van der Waals surface area contributed by atoms with Gasteiger partial charge in [-0.1, -0.05) is 0 Å². The van der Waals surface area contributed by atoms with Crippen molar-refractivity contribution >= 4 is 17.2 Å². The summed E-state index contributed by atoms with van der Waals surface area (Å²) in [5.41, 5.74) is 0.917. The van der Waals surface area contributed by atoms with Gasteiger partial charge in [-0.2, -0.15) is 0 Å². The van der Waals surface area contributed by atoms with E-state index in [2.05, 4.69) is 9.88 Å². The van der Waals surface area contributed by atoms with E-state index in [4.69, 9.17) is 4.74 Å². The second-order valence-electron chi connectivity index (χ2n) is 5.55. The first-order valence-electron chi connectivity index (χ1n) is 6.92. The lowest BCUT2D eigenvalue weighted by molar-refractivity contribution is -0.137. The summed E-state index contributed by atoms with van der Waals surface area (Å²) in [7, 11) is 1.78. The molecule has 1 aromatic rings. The monoisotopic (exact) mass is 280 g/mol. The molecule has 104 valence electrons. The number of amides is 1. The van der Waals surface area contributed by atoms with Gasteiger partial charge >= 0.3 is 0 Å². The molecule has 2 fully saturated rings. The summed E-state index contributed by atoms with van der Waals surface area (Å²) < 4.78 is 5.47. The van der Waals surface area contributed by atoms with E-state index in [0.717, 1.165) is 36.4 Å². The van der Waals surface area contributed by atoms with Gasteiger partial charge in [0.25, 0.3) is 0 Å². The summed E-state index contributed by atoms with van der Waals surface area (Å²) in [5.74, 6) is 0.243. The molecule has 3 atom stereocenters. The van der Waals surface area contributed by atoms with Crippen LogP contribution in [0.15, 0.2) is 5.38 Å². The van der Waals surface area contributed by atoms with Gasteiger partial charge in [0.1, 0.15) is 0 Å². The van der Waals surface area contributed by atoms with Crippen molar-refractivity contribution in [1.29, 1.82) is 0 Å². The zero-order valence-electron chi connectivity index (χ0n) is 11.5. The van der Waals surface area contributed by atoms with Gasteiger partial charge in [-0.25, -0.2) is 4.98 Å². The highest BCUT2D eigenvalue weighted by molar-refractivity contribution is 7.09. The van der Waals surface area contributed by atoms with E-state index in [1.54, 1.807) is 18.4 Å². The van der Waals surface area contributed by atoms with Crippen LogP contribution in [0, 0.1) is 6.92 Å². The maximum atomic E-state index is 12.5. The Bertz CT molecular complexity index is 460. The summed E-state index contributed by atoms with van der Waals surface area (Å²) >= 11 is 1.61. The number of ether oxygens (including phenoxy) is 1. The summed E-state index contributed by atoms with van der Waals surface area (Å²) in [6, 6.07) is 0.770. The number of fused-ring (bicyclic) bond motifs is 2. The molecule has 0 saturated carbocycles. The first-order chi connectivity index (χ1) is 9.17. The molecule has 4 nitrogen and oxygen atoms in total. The molecule has 1 amide bonds. The average Bonchev–Trinajstić information content (AvgIpc) is 2.91. The molecule has 3 rings (SSSR count). The Labute approximate surface area is 117 Å². The minimum absolute atomic E-state index is 0.243. The topological polar surface area (TPSA) is 42.4 Å². The minimum atomic E-state index is 0.243. The number of hydrogen-bond donors (Lipinski definition) is 0. The van der Waals surface area contributed by atoms with Crippen LogP contribution in [0.2, 0.25) is 0 Å². The molecule has 2 aliphatic rings. The van der Waals surface area contributed by atoms with E-state index in [0.29, 0.717) is 24.6 Å². The van der Waals surface area contributed by atoms with Gasteiger partial charge in [-0.15, -0.1) is 11.3 Å². The highest BCUT2D eigenvalue weighted by Gasteiger charge is 2.43. The number of aromatic nitrogens is 1. The van der Waals surface area contributed by atoms with Gasteiger partial charge < -0.3 is 9.64 Å². The largest absolute Gasteiger partial charge is 0.381 e. The number of aryl methyl sites for hydroxylation is 1. The molecule has 19 heavy (non-hydrogen) atoms. The molecule has 0 N–H and O–H groups in total. The maximum absolute atomic E-state index is 12.5. The van der Waals surface area contributed by atoms with Crippen LogP contribution in [0.3, 0.4) is 0 Å². The lowest BCUT2D eigenvalue weighted by atomic mass is 9.99. The molecule has 3 heterocycles. The number of piperidine rings is 1. The van der Waals surface area contributed by atoms with E-state index < -0.39 is 0 Å². The van der Waals surface area contributed by atoms with Crippen LogP contribution < -0.4 is 0 Å². The Morgan fingerprint density at radius 3 is 2.68 bits per heavy atom. The fraction of sp³-hybridized carbons (Fsp3) is 0.714. The highest BCUT2D eigenvalue weighted by Crippen LogP contribution is 2.37. The van der Waals surface area contributed by atoms with Crippen LogP contribution in [0.1, 0.15) is 36.4 Å². The Morgan fingerprint density at radius 2 is 2.16 bits per heavy atom. The van der Waals surface area contributed by atoms with E-state index in [-0.39, 0.29) is 5.91 Å². The summed E-state index contributed by atoms with van der Waals surface area (Å²) in [5, 5.41) is 3.03. The third kappa shape index (κ3) is 2.54. The van der Waals surface area contributed by atoms with Crippen molar-refractivity contribution in [2.75, 3.05) is 7.11 Å². The Morgan fingerprint density at radius 1 is 1.47 bits per heavy atom. The quantitative estimate of drug-likeness (QED) is 0.852. The van der Waals surface area contributed by atoms with Crippen LogP contribution in [0.25, 0.3) is 0 Å². The lowest BCUT2D eigenvalue weighted by Crippen LogP contribution is -2.49. The number of thiazole rings is 1. The van der Waals surface area contributed by atoms with E-state index >= 15 is 0 Å². The van der Waals surface area contributed by atoms with Crippen LogP contribution in [-0.2, 0) is 16.0 Å². The standard InChI is InChI=1S/C14H20N2O2S/c1-9-15-10(8-19-9)5-14(17)16-11-3-4-12(16)7-13(6-11)18-2/h8,11-13H,3-7H2,1-2H3/t11-,12+,13?. The molecule has 0 spiro atoms. The minimum Gasteiger partial charge on any atom is -0.381 e. The molecule has 1 unspecified atom stereocenters. The predicted molar refractivity (Wildman–Crippen MR) is 74.2 cm³/mol. The second-order valence-corrected chi connectivity index (χ2v) is 6.61. The first-order valence-corrected chi connectivity index (χ1v) is 7.80. The molecule has 2 aliphatic heterocycles. The Balaban J connectivity index is 1.68. The molecular formula is C14H20N2O2S. The zero-order valence-corrected chi connectivity index (χ0v) is 12.3. The van der Waals surface area contributed by atoms with Crippen molar-refractivity contribution < 1.29 is 9.53 Å². The van der Waals surface area contributed by atoms with Crippen molar-refractivity contribution in [3.05, 3.63) is 16.1 Å². The van der Waals surface area contributed by atoms with Crippen LogP contribution >= 0.6 is 11.3 Å². The summed E-state index contributed by atoms with van der Waals surface area (Å²) in [4.78, 5) is 19.0. The molecule has 5 heteroatoms. The third-order valence-corrected chi connectivity index (χ3v) is 5.13. The average molecular weight is 280 g/mol. The maximum Gasteiger partial charge on any atom is 0.229 e. The van der Waals surface area contributed by atoms with Crippen molar-refractivity contribution in [3.63, 3.8) is 0 Å². The molecule has 0 radical (unpaired) electrons. The lowest BCUT2D eigenvalue weighted by Gasteiger charge is -2.38. The van der Waals surface area contributed by atoms with Crippen molar-refractivity contribution in [2.24, 2.45) is 0 Å². The van der Waals surface area contributed by atoms with Crippen molar-refractivity contribution in [1.82, 2.24) is 9.88 Å². The number of hydrogen-bond acceptors (Lipinski definition) is 4. The van der Waals surface area contributed by atoms with Crippen molar-refractivity contribution in [2.45, 2.75) is 57.2 Å². The van der Waals surface area contributed by atoms with Gasteiger partial charge in [0.05, 0.1) is 23.2 Å². The molecule has 0 aromatic carbocycles. The molecule has 1 aromatic heterocycles. The van der Waals surface area contributed by atoms with Gasteiger partial charge in [-0.05, 0) is 32.6 Å². The number of nitrogens with zero attached hydrogens (tertiary/aromatic N) is 2. The number of carbonyl (C=O) groups is 1. The normalized spacial score (nSPS) is 29.8. The predicted octanol–water partition coefficient (Wildman–Crippen LogP) is 2.16. The van der Waals surface area contributed by atoms with Crippen molar-refractivity contribution in [3.8, 4) is 0 Å². The van der Waals surface area contributed by atoms with E-state index in [9.17, 15) is 4.79 Å². The van der Waals surface area contributed by atoms with Crippen LogP contribution in [0.5, 0.6) is 0 Å². The number of carbonyl (C=O) groups excluding carboxylic acids is 1. The van der Waals surface area contributed by atoms with Gasteiger partial charge in [0.2, 0.25) is 5.91 Å². The Hall–Kier alpha value is -0.940. The zero-order chi connectivity index (χ0) is 13.4. The molecule has 2 bridgehead atoms. The fourth-order valence-electron chi connectivity index (χ4n) is 3.46. The number of rotatable bonds is 3. The molecule has 0 aliphatic carbocycles.